The first-order chi connectivity index (χ1) is 10.1. The fraction of sp³-hybridized carbons (Fsp3) is 0. The summed E-state index contributed by atoms with van der Waals surface area (Å²) in [5.74, 6) is -0.653. The maximum absolute atomic E-state index is 12.1. The number of benzene rings is 2. The number of hydrogen-bond donors (Lipinski definition) is 1. The number of amides is 1. The van der Waals surface area contributed by atoms with Gasteiger partial charge in [-0.25, -0.2) is 4.79 Å². The van der Waals surface area contributed by atoms with Crippen LogP contribution in [0, 0.1) is 0 Å². The zero-order valence-electron chi connectivity index (χ0n) is 10.8. The molecule has 0 saturated carbocycles. The molecule has 3 aromatic rings. The Bertz CT molecular complexity index is 915. The Morgan fingerprint density at radius 3 is 2.57 bits per heavy atom. The smallest absolute Gasteiger partial charge is 0.344 e. The number of primary amides is 1. The SMILES string of the molecule is NC(=O)c1cc(Cl)ccc1-c1cc2ccccc2oc1=O. The normalized spacial score (nSPS) is 10.7. The number of rotatable bonds is 2. The highest BCUT2D eigenvalue weighted by molar-refractivity contribution is 6.31. The maximum Gasteiger partial charge on any atom is 0.344 e. The van der Waals surface area contributed by atoms with Crippen LogP contribution in [0.15, 0.2) is 57.7 Å². The summed E-state index contributed by atoms with van der Waals surface area (Å²) in [6, 6.07) is 13.4. The fourth-order valence-corrected chi connectivity index (χ4v) is 2.38. The number of hydrogen-bond acceptors (Lipinski definition) is 3. The van der Waals surface area contributed by atoms with Crippen LogP contribution >= 0.6 is 11.6 Å². The predicted octanol–water partition coefficient (Wildman–Crippen LogP) is 3.21. The molecule has 3 rings (SSSR count). The van der Waals surface area contributed by atoms with Gasteiger partial charge in [0.2, 0.25) is 5.91 Å². The molecule has 1 aromatic heterocycles. The van der Waals surface area contributed by atoms with E-state index in [9.17, 15) is 9.59 Å². The van der Waals surface area contributed by atoms with Gasteiger partial charge in [0.25, 0.3) is 0 Å². The van der Waals surface area contributed by atoms with E-state index < -0.39 is 11.5 Å². The molecule has 1 heterocycles. The summed E-state index contributed by atoms with van der Waals surface area (Å²) in [6.45, 7) is 0. The second kappa shape index (κ2) is 5.07. The van der Waals surface area contributed by atoms with Crippen LogP contribution in [-0.2, 0) is 0 Å². The van der Waals surface area contributed by atoms with E-state index in [1.54, 1.807) is 30.3 Å². The first-order valence-electron chi connectivity index (χ1n) is 6.19. The summed E-state index contributed by atoms with van der Waals surface area (Å²) in [5.41, 5.74) is 6.18. The van der Waals surface area contributed by atoms with E-state index in [1.165, 1.54) is 6.07 Å². The van der Waals surface area contributed by atoms with Crippen LogP contribution in [0.1, 0.15) is 10.4 Å². The third kappa shape index (κ3) is 2.41. The number of carbonyl (C=O) groups excluding carboxylic acids is 1. The Morgan fingerprint density at radius 1 is 1.05 bits per heavy atom. The molecule has 0 atom stereocenters. The van der Waals surface area contributed by atoms with E-state index >= 15 is 0 Å². The van der Waals surface area contributed by atoms with Gasteiger partial charge in [-0.2, -0.15) is 0 Å². The molecular formula is C16H10ClNO3. The third-order valence-corrected chi connectivity index (χ3v) is 3.41. The summed E-state index contributed by atoms with van der Waals surface area (Å²) in [6.07, 6.45) is 0. The minimum Gasteiger partial charge on any atom is -0.422 e. The first kappa shape index (κ1) is 13.4. The van der Waals surface area contributed by atoms with Crippen LogP contribution in [-0.4, -0.2) is 5.91 Å². The van der Waals surface area contributed by atoms with Gasteiger partial charge in [-0.3, -0.25) is 4.79 Å². The number of para-hydroxylation sites is 1. The highest BCUT2D eigenvalue weighted by Crippen LogP contribution is 2.26. The molecule has 2 N–H and O–H groups in total. The van der Waals surface area contributed by atoms with E-state index in [0.717, 1.165) is 5.39 Å². The number of carbonyl (C=O) groups is 1. The Morgan fingerprint density at radius 2 is 1.81 bits per heavy atom. The number of fused-ring (bicyclic) bond motifs is 1. The van der Waals surface area contributed by atoms with Gasteiger partial charge in [-0.1, -0.05) is 35.9 Å². The van der Waals surface area contributed by atoms with E-state index in [2.05, 4.69) is 0 Å². The molecule has 0 aliphatic rings. The highest BCUT2D eigenvalue weighted by atomic mass is 35.5. The average molecular weight is 300 g/mol. The second-order valence-corrected chi connectivity index (χ2v) is 4.98. The topological polar surface area (TPSA) is 73.3 Å². The molecule has 2 aromatic carbocycles. The summed E-state index contributed by atoms with van der Waals surface area (Å²) in [4.78, 5) is 23.7. The summed E-state index contributed by atoms with van der Waals surface area (Å²) < 4.78 is 5.27. The zero-order valence-corrected chi connectivity index (χ0v) is 11.6. The lowest BCUT2D eigenvalue weighted by molar-refractivity contribution is 0.100. The maximum atomic E-state index is 12.1. The van der Waals surface area contributed by atoms with Crippen LogP contribution in [0.5, 0.6) is 0 Å². The number of nitrogens with two attached hydrogens (primary N) is 1. The second-order valence-electron chi connectivity index (χ2n) is 4.54. The van der Waals surface area contributed by atoms with Crippen molar-refractivity contribution in [3.8, 4) is 11.1 Å². The fourth-order valence-electron chi connectivity index (χ4n) is 2.20. The van der Waals surface area contributed by atoms with E-state index in [1.807, 2.05) is 12.1 Å². The Kier molecular flexibility index (Phi) is 3.23. The van der Waals surface area contributed by atoms with Gasteiger partial charge >= 0.3 is 5.63 Å². The number of halogens is 1. The molecule has 0 aliphatic heterocycles. The van der Waals surface area contributed by atoms with Crippen LogP contribution in [0.3, 0.4) is 0 Å². The Hall–Kier alpha value is -2.59. The molecule has 0 spiro atoms. The van der Waals surface area contributed by atoms with Crippen molar-refractivity contribution in [1.29, 1.82) is 0 Å². The van der Waals surface area contributed by atoms with Gasteiger partial charge in [-0.05, 0) is 24.3 Å². The molecule has 0 radical (unpaired) electrons. The highest BCUT2D eigenvalue weighted by Gasteiger charge is 2.15. The van der Waals surface area contributed by atoms with Crippen molar-refractivity contribution in [2.24, 2.45) is 5.73 Å². The van der Waals surface area contributed by atoms with Crippen LogP contribution < -0.4 is 11.4 Å². The quantitative estimate of drug-likeness (QED) is 0.738. The molecule has 0 bridgehead atoms. The molecule has 1 amide bonds. The first-order valence-corrected chi connectivity index (χ1v) is 6.56. The van der Waals surface area contributed by atoms with Gasteiger partial charge in [0, 0.05) is 21.5 Å². The largest absolute Gasteiger partial charge is 0.422 e. The van der Waals surface area contributed by atoms with Crippen LogP contribution in [0.4, 0.5) is 0 Å². The summed E-state index contributed by atoms with van der Waals surface area (Å²) >= 11 is 5.87. The summed E-state index contributed by atoms with van der Waals surface area (Å²) in [5, 5.41) is 1.13. The standard InChI is InChI=1S/C16H10ClNO3/c17-10-5-6-11(12(8-10)15(18)19)13-7-9-3-1-2-4-14(9)21-16(13)20/h1-8H,(H2,18,19). The van der Waals surface area contributed by atoms with E-state index in [4.69, 9.17) is 21.8 Å². The molecule has 5 heteroatoms. The van der Waals surface area contributed by atoms with Crippen molar-refractivity contribution >= 4 is 28.5 Å². The molecule has 0 saturated heterocycles. The van der Waals surface area contributed by atoms with E-state index in [-0.39, 0.29) is 11.1 Å². The molecule has 0 unspecified atom stereocenters. The zero-order chi connectivity index (χ0) is 15.0. The lowest BCUT2D eigenvalue weighted by Crippen LogP contribution is -2.14. The van der Waals surface area contributed by atoms with Gasteiger partial charge < -0.3 is 10.2 Å². The van der Waals surface area contributed by atoms with Gasteiger partial charge in [0.15, 0.2) is 0 Å². The lowest BCUT2D eigenvalue weighted by atomic mass is 10.00. The minimum atomic E-state index is -0.653. The molecular weight excluding hydrogens is 290 g/mol. The molecule has 21 heavy (non-hydrogen) atoms. The van der Waals surface area contributed by atoms with Crippen molar-refractivity contribution in [3.63, 3.8) is 0 Å². The van der Waals surface area contributed by atoms with Crippen molar-refractivity contribution in [1.82, 2.24) is 0 Å². The average Bonchev–Trinajstić information content (AvgIpc) is 2.46. The Balaban J connectivity index is 2.33. The Labute approximate surface area is 124 Å². The monoisotopic (exact) mass is 299 g/mol. The van der Waals surface area contributed by atoms with Gasteiger partial charge in [0.1, 0.15) is 5.58 Å². The molecule has 104 valence electrons. The minimum absolute atomic E-state index is 0.185. The molecule has 4 nitrogen and oxygen atoms in total. The van der Waals surface area contributed by atoms with Crippen molar-refractivity contribution in [3.05, 3.63) is 69.5 Å². The van der Waals surface area contributed by atoms with Gasteiger partial charge in [-0.15, -0.1) is 0 Å². The predicted molar refractivity (Wildman–Crippen MR) is 81.4 cm³/mol. The lowest BCUT2D eigenvalue weighted by Gasteiger charge is -2.07. The van der Waals surface area contributed by atoms with Crippen molar-refractivity contribution < 1.29 is 9.21 Å². The molecule has 0 fully saturated rings. The van der Waals surface area contributed by atoms with Crippen molar-refractivity contribution in [2.75, 3.05) is 0 Å². The van der Waals surface area contributed by atoms with Gasteiger partial charge in [0.05, 0.1) is 5.56 Å². The van der Waals surface area contributed by atoms with Crippen molar-refractivity contribution in [2.45, 2.75) is 0 Å². The van der Waals surface area contributed by atoms with Crippen LogP contribution in [0.25, 0.3) is 22.1 Å². The summed E-state index contributed by atoms with van der Waals surface area (Å²) in [7, 11) is 0. The van der Waals surface area contributed by atoms with Crippen LogP contribution in [0.2, 0.25) is 5.02 Å². The van der Waals surface area contributed by atoms with E-state index in [0.29, 0.717) is 16.2 Å². The molecule has 0 aliphatic carbocycles. The third-order valence-electron chi connectivity index (χ3n) is 3.18.